The van der Waals surface area contributed by atoms with Crippen molar-refractivity contribution in [1.82, 2.24) is 9.97 Å². The van der Waals surface area contributed by atoms with E-state index in [1.807, 2.05) is 36.8 Å². The minimum Gasteiger partial charge on any atom is -0.369 e. The fourth-order valence-corrected chi connectivity index (χ4v) is 3.42. The minimum atomic E-state index is 0.561. The quantitative estimate of drug-likeness (QED) is 0.447. The highest BCUT2D eigenvalue weighted by molar-refractivity contribution is 6.42. The molecule has 0 bridgehead atoms. The molecule has 25 heavy (non-hydrogen) atoms. The molecule has 0 spiro atoms. The monoisotopic (exact) mass is 369 g/mol. The topological polar surface area (TPSA) is 34.8 Å². The number of rotatable bonds is 4. The van der Waals surface area contributed by atoms with E-state index in [9.17, 15) is 0 Å². The van der Waals surface area contributed by atoms with Gasteiger partial charge in [-0.2, -0.15) is 0 Å². The molecule has 0 aliphatic carbocycles. The van der Waals surface area contributed by atoms with Crippen molar-refractivity contribution in [2.24, 2.45) is 0 Å². The van der Waals surface area contributed by atoms with E-state index in [1.54, 1.807) is 0 Å². The highest BCUT2D eigenvalue weighted by Gasteiger charge is 2.12. The first-order chi connectivity index (χ1) is 12.1. The molecule has 2 N–H and O–H groups in total. The lowest BCUT2D eigenvalue weighted by atomic mass is 10.1. The van der Waals surface area contributed by atoms with E-state index < -0.39 is 0 Å². The number of hydrogen-bond acceptors (Lipinski definition) is 1. The predicted octanol–water partition coefficient (Wildman–Crippen LogP) is 6.11. The number of nitrogens with one attached hydrogen (secondary N) is 2. The SMILES string of the molecule is CN(Cc1ccc2cc[nH]c2c1)c1c[nH]cc1-c1ccc(Cl)c(Cl)c1. The first kappa shape index (κ1) is 16.1. The maximum atomic E-state index is 6.18. The fourth-order valence-electron chi connectivity index (χ4n) is 3.12. The number of fused-ring (bicyclic) bond motifs is 1. The normalized spacial score (nSPS) is 11.2. The number of aromatic amines is 2. The second kappa shape index (κ2) is 6.51. The lowest BCUT2D eigenvalue weighted by Gasteiger charge is -2.20. The average Bonchev–Trinajstić information content (AvgIpc) is 3.25. The Morgan fingerprint density at radius 1 is 0.960 bits per heavy atom. The molecule has 0 amide bonds. The van der Waals surface area contributed by atoms with Crippen LogP contribution in [0.5, 0.6) is 0 Å². The van der Waals surface area contributed by atoms with Crippen LogP contribution in [-0.2, 0) is 6.54 Å². The van der Waals surface area contributed by atoms with E-state index in [0.717, 1.165) is 28.9 Å². The number of halogens is 2. The van der Waals surface area contributed by atoms with Crippen LogP contribution in [0.2, 0.25) is 10.0 Å². The van der Waals surface area contributed by atoms with E-state index in [-0.39, 0.29) is 0 Å². The molecule has 2 aromatic heterocycles. The maximum absolute atomic E-state index is 6.18. The largest absolute Gasteiger partial charge is 0.369 e. The van der Waals surface area contributed by atoms with Gasteiger partial charge in [0.15, 0.2) is 0 Å². The molecule has 0 aliphatic heterocycles. The van der Waals surface area contributed by atoms with Crippen molar-refractivity contribution < 1.29 is 0 Å². The Labute approximate surface area is 156 Å². The molecule has 0 radical (unpaired) electrons. The van der Waals surface area contributed by atoms with Gasteiger partial charge in [-0.25, -0.2) is 0 Å². The summed E-state index contributed by atoms with van der Waals surface area (Å²) >= 11 is 12.2. The zero-order valence-electron chi connectivity index (χ0n) is 13.7. The van der Waals surface area contributed by atoms with E-state index in [0.29, 0.717) is 10.0 Å². The van der Waals surface area contributed by atoms with Crippen molar-refractivity contribution in [2.45, 2.75) is 6.54 Å². The van der Waals surface area contributed by atoms with Gasteiger partial charge >= 0.3 is 0 Å². The van der Waals surface area contributed by atoms with Gasteiger partial charge in [-0.1, -0.05) is 41.4 Å². The molecule has 0 atom stereocenters. The second-order valence-electron chi connectivity index (χ2n) is 6.14. The van der Waals surface area contributed by atoms with Gasteiger partial charge in [0.2, 0.25) is 0 Å². The molecule has 4 rings (SSSR count). The third-order valence-electron chi connectivity index (χ3n) is 4.40. The van der Waals surface area contributed by atoms with Gasteiger partial charge in [-0.05, 0) is 40.8 Å². The van der Waals surface area contributed by atoms with E-state index in [2.05, 4.69) is 46.2 Å². The van der Waals surface area contributed by atoms with Crippen molar-refractivity contribution in [3.63, 3.8) is 0 Å². The molecule has 3 nitrogen and oxygen atoms in total. The van der Waals surface area contributed by atoms with Crippen LogP contribution in [0.1, 0.15) is 5.56 Å². The van der Waals surface area contributed by atoms with E-state index >= 15 is 0 Å². The second-order valence-corrected chi connectivity index (χ2v) is 6.95. The number of aromatic nitrogens is 2. The van der Waals surface area contributed by atoms with Crippen LogP contribution in [0.25, 0.3) is 22.0 Å². The van der Waals surface area contributed by atoms with Gasteiger partial charge in [0, 0.05) is 43.3 Å². The Bertz CT molecular complexity index is 1030. The van der Waals surface area contributed by atoms with Gasteiger partial charge < -0.3 is 14.9 Å². The summed E-state index contributed by atoms with van der Waals surface area (Å²) in [5.74, 6) is 0. The molecule has 0 aliphatic rings. The van der Waals surface area contributed by atoms with Gasteiger partial charge in [0.05, 0.1) is 15.7 Å². The third kappa shape index (κ3) is 3.13. The molecular formula is C20H17Cl2N3. The highest BCUT2D eigenvalue weighted by Crippen LogP contribution is 2.34. The van der Waals surface area contributed by atoms with Gasteiger partial charge in [-0.3, -0.25) is 0 Å². The van der Waals surface area contributed by atoms with Crippen LogP contribution < -0.4 is 4.90 Å². The van der Waals surface area contributed by atoms with Gasteiger partial charge in [-0.15, -0.1) is 0 Å². The zero-order chi connectivity index (χ0) is 17.4. The summed E-state index contributed by atoms with van der Waals surface area (Å²) in [7, 11) is 2.09. The van der Waals surface area contributed by atoms with Gasteiger partial charge in [0.1, 0.15) is 0 Å². The lowest BCUT2D eigenvalue weighted by Crippen LogP contribution is -2.16. The summed E-state index contributed by atoms with van der Waals surface area (Å²) in [6.07, 6.45) is 5.96. The predicted molar refractivity (Wildman–Crippen MR) is 107 cm³/mol. The molecule has 4 aromatic rings. The Balaban J connectivity index is 1.63. The fraction of sp³-hybridized carbons (Fsp3) is 0.100. The summed E-state index contributed by atoms with van der Waals surface area (Å²) in [6, 6.07) is 14.3. The summed E-state index contributed by atoms with van der Waals surface area (Å²) < 4.78 is 0. The molecule has 5 heteroatoms. The Morgan fingerprint density at radius 2 is 1.84 bits per heavy atom. The van der Waals surface area contributed by atoms with Crippen molar-refractivity contribution in [1.29, 1.82) is 0 Å². The van der Waals surface area contributed by atoms with Crippen LogP contribution in [0.3, 0.4) is 0 Å². The molecule has 0 saturated carbocycles. The molecule has 2 aromatic carbocycles. The van der Waals surface area contributed by atoms with Crippen LogP contribution in [0.15, 0.2) is 61.1 Å². The summed E-state index contributed by atoms with van der Waals surface area (Å²) in [5, 5.41) is 2.35. The number of anilines is 1. The molecule has 2 heterocycles. The van der Waals surface area contributed by atoms with Crippen molar-refractivity contribution >= 4 is 39.8 Å². The summed E-state index contributed by atoms with van der Waals surface area (Å²) in [5.41, 5.74) is 5.66. The number of nitrogens with zero attached hydrogens (tertiary/aromatic N) is 1. The Kier molecular flexibility index (Phi) is 4.20. The first-order valence-electron chi connectivity index (χ1n) is 8.01. The van der Waals surface area contributed by atoms with Gasteiger partial charge in [0.25, 0.3) is 0 Å². The van der Waals surface area contributed by atoms with Crippen molar-refractivity contribution in [3.05, 3.63) is 76.7 Å². The molecule has 126 valence electrons. The van der Waals surface area contributed by atoms with E-state index in [4.69, 9.17) is 23.2 Å². The lowest BCUT2D eigenvalue weighted by molar-refractivity contribution is 0.926. The first-order valence-corrected chi connectivity index (χ1v) is 8.77. The van der Waals surface area contributed by atoms with Crippen molar-refractivity contribution in [2.75, 3.05) is 11.9 Å². The summed E-state index contributed by atoms with van der Waals surface area (Å²) in [6.45, 7) is 0.807. The van der Waals surface area contributed by atoms with Crippen molar-refractivity contribution in [3.8, 4) is 11.1 Å². The minimum absolute atomic E-state index is 0.561. The van der Waals surface area contributed by atoms with Crippen LogP contribution in [0, 0.1) is 0 Å². The standard InChI is InChI=1S/C20H17Cl2N3/c1-25(12-13-2-3-14-6-7-24-19(14)8-13)20-11-23-10-16(20)15-4-5-17(21)18(22)9-15/h2-11,23-24H,12H2,1H3. The number of benzene rings is 2. The van der Waals surface area contributed by atoms with Crippen LogP contribution >= 0.6 is 23.2 Å². The average molecular weight is 370 g/mol. The Hall–Kier alpha value is -2.36. The van der Waals surface area contributed by atoms with E-state index in [1.165, 1.54) is 10.9 Å². The molecule has 0 fully saturated rings. The zero-order valence-corrected chi connectivity index (χ0v) is 15.2. The summed E-state index contributed by atoms with van der Waals surface area (Å²) in [4.78, 5) is 8.68. The Morgan fingerprint density at radius 3 is 2.68 bits per heavy atom. The smallest absolute Gasteiger partial charge is 0.0623 e. The number of hydrogen-bond donors (Lipinski definition) is 2. The molecular weight excluding hydrogens is 353 g/mol. The molecule has 0 unspecified atom stereocenters. The highest BCUT2D eigenvalue weighted by atomic mass is 35.5. The molecule has 0 saturated heterocycles. The third-order valence-corrected chi connectivity index (χ3v) is 5.14. The van der Waals surface area contributed by atoms with Crippen LogP contribution in [0.4, 0.5) is 5.69 Å². The maximum Gasteiger partial charge on any atom is 0.0623 e. The van der Waals surface area contributed by atoms with Crippen LogP contribution in [-0.4, -0.2) is 17.0 Å². The number of H-pyrrole nitrogens is 2.